The highest BCUT2D eigenvalue weighted by atomic mass is 127. The molecule has 0 spiro atoms. The van der Waals surface area contributed by atoms with Gasteiger partial charge in [-0.05, 0) is 29.1 Å². The lowest BCUT2D eigenvalue weighted by Gasteiger charge is -2.39. The van der Waals surface area contributed by atoms with Crippen molar-refractivity contribution in [3.8, 4) is 0 Å². The topological polar surface area (TPSA) is 55.0 Å². The molecule has 13 heavy (non-hydrogen) atoms. The van der Waals surface area contributed by atoms with Crippen molar-refractivity contribution in [3.63, 3.8) is 0 Å². The second kappa shape index (κ2) is 3.75. The van der Waals surface area contributed by atoms with Crippen molar-refractivity contribution >= 4 is 28.4 Å². The van der Waals surface area contributed by atoms with Crippen molar-refractivity contribution < 1.29 is 0 Å². The second-order valence-electron chi connectivity index (χ2n) is 3.20. The molecular weight excluding hydrogens is 279 g/mol. The Morgan fingerprint density at radius 1 is 1.62 bits per heavy atom. The first-order valence-corrected chi connectivity index (χ1v) is 5.29. The van der Waals surface area contributed by atoms with Gasteiger partial charge in [-0.3, -0.25) is 0 Å². The number of hydrogen-bond donors (Lipinski definition) is 1. The summed E-state index contributed by atoms with van der Waals surface area (Å²) >= 11 is 2.25. The predicted octanol–water partition coefficient (Wildman–Crippen LogP) is 0.476. The quantitative estimate of drug-likeness (QED) is 0.805. The Balaban J connectivity index is 2.07. The molecule has 1 aliphatic rings. The molecule has 1 fully saturated rings. The Bertz CT molecular complexity index is 298. The summed E-state index contributed by atoms with van der Waals surface area (Å²) in [7, 11) is 0. The first kappa shape index (κ1) is 9.14. The van der Waals surface area contributed by atoms with E-state index in [9.17, 15) is 0 Å². The Morgan fingerprint density at radius 2 is 2.38 bits per heavy atom. The molecule has 0 aromatic carbocycles. The Labute approximate surface area is 90.7 Å². The lowest BCUT2D eigenvalue weighted by Crippen LogP contribution is -2.50. The minimum absolute atomic E-state index is 0.644. The largest absolute Gasteiger partial charge is 0.355 e. The average Bonchev–Trinajstić information content (AvgIpc) is 2.06. The first-order chi connectivity index (χ1) is 6.31. The number of nitrogens with zero attached hydrogens (tertiary/aromatic N) is 3. The SMILES string of the molecule is NCC1CN(c2ncncc2I)C1. The van der Waals surface area contributed by atoms with Crippen molar-refractivity contribution in [2.45, 2.75) is 0 Å². The number of halogens is 1. The minimum atomic E-state index is 0.644. The van der Waals surface area contributed by atoms with Crippen LogP contribution in [0.3, 0.4) is 0 Å². The van der Waals surface area contributed by atoms with E-state index in [0.717, 1.165) is 29.0 Å². The summed E-state index contributed by atoms with van der Waals surface area (Å²) in [5, 5.41) is 0. The van der Waals surface area contributed by atoms with Crippen molar-refractivity contribution in [3.05, 3.63) is 16.1 Å². The number of hydrogen-bond acceptors (Lipinski definition) is 4. The molecule has 0 aliphatic carbocycles. The third-order valence-corrected chi connectivity index (χ3v) is 3.00. The van der Waals surface area contributed by atoms with Crippen molar-refractivity contribution in [1.82, 2.24) is 9.97 Å². The molecule has 2 rings (SSSR count). The van der Waals surface area contributed by atoms with E-state index in [1.807, 2.05) is 6.20 Å². The normalized spacial score (nSPS) is 17.2. The molecule has 0 atom stereocenters. The van der Waals surface area contributed by atoms with Crippen LogP contribution in [0.2, 0.25) is 0 Å². The van der Waals surface area contributed by atoms with Gasteiger partial charge in [0, 0.05) is 25.2 Å². The van der Waals surface area contributed by atoms with E-state index in [4.69, 9.17) is 5.73 Å². The lowest BCUT2D eigenvalue weighted by atomic mass is 10.0. The molecular formula is C8H11IN4. The van der Waals surface area contributed by atoms with Crippen LogP contribution in [0, 0.1) is 9.49 Å². The molecule has 1 saturated heterocycles. The molecule has 1 aromatic heterocycles. The van der Waals surface area contributed by atoms with Crippen LogP contribution >= 0.6 is 22.6 Å². The molecule has 0 saturated carbocycles. The molecule has 5 heteroatoms. The molecule has 4 nitrogen and oxygen atoms in total. The Kier molecular flexibility index (Phi) is 2.63. The standard InChI is InChI=1S/C8H11IN4/c9-7-2-11-5-12-8(7)13-3-6(1-10)4-13/h2,5-6H,1,3-4,10H2. The van der Waals surface area contributed by atoms with Gasteiger partial charge in [-0.15, -0.1) is 0 Å². The van der Waals surface area contributed by atoms with Crippen LogP contribution in [-0.2, 0) is 0 Å². The van der Waals surface area contributed by atoms with Gasteiger partial charge < -0.3 is 10.6 Å². The zero-order valence-corrected chi connectivity index (χ0v) is 9.31. The van der Waals surface area contributed by atoms with E-state index in [1.54, 1.807) is 6.33 Å². The van der Waals surface area contributed by atoms with Gasteiger partial charge in [-0.25, -0.2) is 9.97 Å². The zero-order valence-electron chi connectivity index (χ0n) is 7.15. The highest BCUT2D eigenvalue weighted by molar-refractivity contribution is 14.1. The summed E-state index contributed by atoms with van der Waals surface area (Å²) in [4.78, 5) is 10.4. The van der Waals surface area contributed by atoms with Gasteiger partial charge in [0.15, 0.2) is 0 Å². The third kappa shape index (κ3) is 1.76. The number of nitrogens with two attached hydrogens (primary N) is 1. The molecule has 0 amide bonds. The fourth-order valence-electron chi connectivity index (χ4n) is 1.43. The summed E-state index contributed by atoms with van der Waals surface area (Å²) < 4.78 is 1.11. The van der Waals surface area contributed by atoms with Crippen LogP contribution in [0.4, 0.5) is 5.82 Å². The summed E-state index contributed by atoms with van der Waals surface area (Å²) in [5.41, 5.74) is 5.55. The van der Waals surface area contributed by atoms with Crippen LogP contribution in [0.1, 0.15) is 0 Å². The summed E-state index contributed by atoms with van der Waals surface area (Å²) in [5.74, 6) is 1.69. The van der Waals surface area contributed by atoms with Crippen LogP contribution in [0.5, 0.6) is 0 Å². The lowest BCUT2D eigenvalue weighted by molar-refractivity contribution is 0.416. The third-order valence-electron chi connectivity index (χ3n) is 2.24. The van der Waals surface area contributed by atoms with Gasteiger partial charge in [0.1, 0.15) is 12.1 Å². The second-order valence-corrected chi connectivity index (χ2v) is 4.36. The van der Waals surface area contributed by atoms with Crippen molar-refractivity contribution in [2.75, 3.05) is 24.5 Å². The van der Waals surface area contributed by atoms with Gasteiger partial charge in [0.2, 0.25) is 0 Å². The summed E-state index contributed by atoms with van der Waals surface area (Å²) in [6.07, 6.45) is 3.42. The van der Waals surface area contributed by atoms with Crippen LogP contribution in [0.15, 0.2) is 12.5 Å². The summed E-state index contributed by atoms with van der Waals surface area (Å²) in [6, 6.07) is 0. The van der Waals surface area contributed by atoms with Gasteiger partial charge in [-0.1, -0.05) is 0 Å². The maximum Gasteiger partial charge on any atom is 0.145 e. The van der Waals surface area contributed by atoms with Gasteiger partial charge in [0.25, 0.3) is 0 Å². The van der Waals surface area contributed by atoms with E-state index in [-0.39, 0.29) is 0 Å². The van der Waals surface area contributed by atoms with E-state index >= 15 is 0 Å². The first-order valence-electron chi connectivity index (χ1n) is 4.21. The van der Waals surface area contributed by atoms with Crippen LogP contribution in [0.25, 0.3) is 0 Å². The van der Waals surface area contributed by atoms with E-state index in [2.05, 4.69) is 37.5 Å². The maximum absolute atomic E-state index is 5.55. The molecule has 70 valence electrons. The Hall–Kier alpha value is -0.430. The number of anilines is 1. The van der Waals surface area contributed by atoms with Crippen molar-refractivity contribution in [2.24, 2.45) is 11.7 Å². The van der Waals surface area contributed by atoms with Gasteiger partial charge >= 0.3 is 0 Å². The molecule has 1 aromatic rings. The van der Waals surface area contributed by atoms with E-state index < -0.39 is 0 Å². The Morgan fingerprint density at radius 3 is 3.00 bits per heavy atom. The number of aromatic nitrogens is 2. The van der Waals surface area contributed by atoms with Gasteiger partial charge in [0.05, 0.1) is 3.57 Å². The highest BCUT2D eigenvalue weighted by Crippen LogP contribution is 2.25. The molecule has 0 bridgehead atoms. The zero-order chi connectivity index (χ0) is 9.26. The molecule has 0 radical (unpaired) electrons. The monoisotopic (exact) mass is 290 g/mol. The smallest absolute Gasteiger partial charge is 0.145 e. The summed E-state index contributed by atoms with van der Waals surface area (Å²) in [6.45, 7) is 2.84. The minimum Gasteiger partial charge on any atom is -0.355 e. The molecule has 0 unspecified atom stereocenters. The molecule has 2 N–H and O–H groups in total. The highest BCUT2D eigenvalue weighted by Gasteiger charge is 2.27. The number of rotatable bonds is 2. The molecule has 1 aliphatic heterocycles. The van der Waals surface area contributed by atoms with Crippen LogP contribution < -0.4 is 10.6 Å². The fraction of sp³-hybridized carbons (Fsp3) is 0.500. The predicted molar refractivity (Wildman–Crippen MR) is 59.5 cm³/mol. The van der Waals surface area contributed by atoms with E-state index in [1.165, 1.54) is 0 Å². The average molecular weight is 290 g/mol. The van der Waals surface area contributed by atoms with Gasteiger partial charge in [-0.2, -0.15) is 0 Å². The fourth-order valence-corrected chi connectivity index (χ4v) is 2.07. The van der Waals surface area contributed by atoms with Crippen molar-refractivity contribution in [1.29, 1.82) is 0 Å². The van der Waals surface area contributed by atoms with E-state index in [0.29, 0.717) is 5.92 Å². The molecule has 2 heterocycles. The van der Waals surface area contributed by atoms with Crippen LogP contribution in [-0.4, -0.2) is 29.6 Å². The maximum atomic E-state index is 5.55.